The summed E-state index contributed by atoms with van der Waals surface area (Å²) in [7, 11) is 2.06. The molecule has 1 unspecified atom stereocenters. The molecule has 13 heavy (non-hydrogen) atoms. The first-order valence-corrected chi connectivity index (χ1v) is 5.28. The molecule has 0 aliphatic carbocycles. The maximum absolute atomic E-state index is 3.74. The summed E-state index contributed by atoms with van der Waals surface area (Å²) in [6.07, 6.45) is 6.91. The van der Waals surface area contributed by atoms with Gasteiger partial charge in [0.25, 0.3) is 0 Å². The Morgan fingerprint density at radius 3 is 2.38 bits per heavy atom. The summed E-state index contributed by atoms with van der Waals surface area (Å²) < 4.78 is 0. The third kappa shape index (κ3) is 8.04. The second-order valence-electron chi connectivity index (χ2n) is 4.97. The molecule has 0 amide bonds. The van der Waals surface area contributed by atoms with Crippen LogP contribution in [-0.2, 0) is 0 Å². The average Bonchev–Trinajstić information content (AvgIpc) is 2.01. The van der Waals surface area contributed by atoms with Crippen LogP contribution in [0.5, 0.6) is 0 Å². The zero-order valence-electron chi connectivity index (χ0n) is 9.69. The molecule has 0 radical (unpaired) electrons. The van der Waals surface area contributed by atoms with Gasteiger partial charge in [-0.15, -0.1) is 6.58 Å². The van der Waals surface area contributed by atoms with E-state index < -0.39 is 0 Å². The van der Waals surface area contributed by atoms with Crippen LogP contribution in [0.3, 0.4) is 0 Å². The summed E-state index contributed by atoms with van der Waals surface area (Å²) >= 11 is 0. The van der Waals surface area contributed by atoms with E-state index in [0.29, 0.717) is 11.5 Å². The zero-order valence-corrected chi connectivity index (χ0v) is 9.69. The highest BCUT2D eigenvalue weighted by atomic mass is 14.9. The lowest BCUT2D eigenvalue weighted by Gasteiger charge is -2.25. The Labute approximate surface area is 83.6 Å². The van der Waals surface area contributed by atoms with Gasteiger partial charge in [0, 0.05) is 6.04 Å². The number of allylic oxidation sites excluding steroid dienone is 1. The minimum Gasteiger partial charge on any atom is -0.317 e. The first kappa shape index (κ1) is 12.7. The number of rotatable bonds is 6. The number of unbranched alkanes of at least 4 members (excludes halogenated alkanes) is 1. The van der Waals surface area contributed by atoms with Crippen LogP contribution >= 0.6 is 0 Å². The Hall–Kier alpha value is -0.300. The molecule has 0 fully saturated rings. The molecule has 0 saturated carbocycles. The van der Waals surface area contributed by atoms with Crippen LogP contribution in [0, 0.1) is 5.41 Å². The minimum absolute atomic E-state index is 0.432. The summed E-state index contributed by atoms with van der Waals surface area (Å²) in [6, 6.07) is 0.667. The Bertz CT molecular complexity index is 133. The number of hydrogen-bond acceptors (Lipinski definition) is 1. The molecule has 0 aromatic heterocycles. The van der Waals surface area contributed by atoms with Crippen molar-refractivity contribution in [2.45, 2.75) is 52.5 Å². The van der Waals surface area contributed by atoms with Gasteiger partial charge in [-0.25, -0.2) is 0 Å². The van der Waals surface area contributed by atoms with Gasteiger partial charge in [0.15, 0.2) is 0 Å². The van der Waals surface area contributed by atoms with Gasteiger partial charge in [-0.05, 0) is 38.1 Å². The van der Waals surface area contributed by atoms with Crippen molar-refractivity contribution < 1.29 is 0 Å². The molecule has 1 atom stereocenters. The smallest absolute Gasteiger partial charge is 0.00691 e. The molecule has 0 heterocycles. The van der Waals surface area contributed by atoms with Crippen molar-refractivity contribution in [3.8, 4) is 0 Å². The summed E-state index contributed by atoms with van der Waals surface area (Å²) in [5, 5.41) is 3.38. The topological polar surface area (TPSA) is 12.0 Å². The standard InChI is InChI=1S/C12H25N/c1-6-7-8-9-11(13-5)10-12(2,3)4/h6,11,13H,1,7-10H2,2-5H3. The predicted molar refractivity (Wildman–Crippen MR) is 61.0 cm³/mol. The van der Waals surface area contributed by atoms with Crippen LogP contribution in [0.4, 0.5) is 0 Å². The molecular weight excluding hydrogens is 158 g/mol. The summed E-state index contributed by atoms with van der Waals surface area (Å²) in [4.78, 5) is 0. The van der Waals surface area contributed by atoms with Gasteiger partial charge >= 0.3 is 0 Å². The van der Waals surface area contributed by atoms with Crippen molar-refractivity contribution in [1.29, 1.82) is 0 Å². The fraction of sp³-hybridized carbons (Fsp3) is 0.833. The van der Waals surface area contributed by atoms with E-state index in [1.54, 1.807) is 0 Å². The maximum Gasteiger partial charge on any atom is 0.00691 e. The molecule has 0 saturated heterocycles. The van der Waals surface area contributed by atoms with E-state index in [1.807, 2.05) is 6.08 Å². The molecule has 78 valence electrons. The largest absolute Gasteiger partial charge is 0.317 e. The van der Waals surface area contributed by atoms with Crippen LogP contribution in [-0.4, -0.2) is 13.1 Å². The molecular formula is C12H25N. The highest BCUT2D eigenvalue weighted by Gasteiger charge is 2.16. The molecule has 0 aromatic rings. The molecule has 0 aliphatic rings. The highest BCUT2D eigenvalue weighted by Crippen LogP contribution is 2.22. The third-order valence-corrected chi connectivity index (χ3v) is 2.23. The van der Waals surface area contributed by atoms with Crippen LogP contribution < -0.4 is 5.32 Å². The van der Waals surface area contributed by atoms with E-state index >= 15 is 0 Å². The molecule has 0 bridgehead atoms. The minimum atomic E-state index is 0.432. The van der Waals surface area contributed by atoms with E-state index in [2.05, 4.69) is 39.7 Å². The van der Waals surface area contributed by atoms with Crippen LogP contribution in [0.1, 0.15) is 46.5 Å². The summed E-state index contributed by atoms with van der Waals surface area (Å²) in [5.74, 6) is 0. The van der Waals surface area contributed by atoms with Gasteiger partial charge in [-0.1, -0.05) is 26.8 Å². The van der Waals surface area contributed by atoms with Gasteiger partial charge in [-0.3, -0.25) is 0 Å². The van der Waals surface area contributed by atoms with E-state index in [0.717, 1.165) is 6.42 Å². The fourth-order valence-electron chi connectivity index (χ4n) is 1.60. The van der Waals surface area contributed by atoms with E-state index in [-0.39, 0.29) is 0 Å². The van der Waals surface area contributed by atoms with E-state index in [4.69, 9.17) is 0 Å². The van der Waals surface area contributed by atoms with Gasteiger partial charge in [0.2, 0.25) is 0 Å². The zero-order chi connectivity index (χ0) is 10.3. The van der Waals surface area contributed by atoms with Crippen molar-refractivity contribution in [1.82, 2.24) is 5.32 Å². The van der Waals surface area contributed by atoms with E-state index in [1.165, 1.54) is 19.3 Å². The molecule has 0 spiro atoms. The lowest BCUT2D eigenvalue weighted by atomic mass is 9.86. The maximum atomic E-state index is 3.74. The van der Waals surface area contributed by atoms with Gasteiger partial charge in [-0.2, -0.15) is 0 Å². The molecule has 0 aromatic carbocycles. The lowest BCUT2D eigenvalue weighted by Crippen LogP contribution is -2.29. The van der Waals surface area contributed by atoms with Crippen molar-refractivity contribution >= 4 is 0 Å². The Balaban J connectivity index is 3.69. The second-order valence-corrected chi connectivity index (χ2v) is 4.97. The molecule has 0 aliphatic heterocycles. The second kappa shape index (κ2) is 6.20. The van der Waals surface area contributed by atoms with Crippen molar-refractivity contribution in [3.63, 3.8) is 0 Å². The Morgan fingerprint density at radius 1 is 1.38 bits per heavy atom. The third-order valence-electron chi connectivity index (χ3n) is 2.23. The number of nitrogens with one attached hydrogen (secondary N) is 1. The SMILES string of the molecule is C=CCCCC(CC(C)(C)C)NC. The first-order valence-electron chi connectivity index (χ1n) is 5.28. The first-order chi connectivity index (χ1) is 5.99. The fourth-order valence-corrected chi connectivity index (χ4v) is 1.60. The Kier molecular flexibility index (Phi) is 6.06. The van der Waals surface area contributed by atoms with Crippen LogP contribution in [0.2, 0.25) is 0 Å². The van der Waals surface area contributed by atoms with Gasteiger partial charge < -0.3 is 5.32 Å². The quantitative estimate of drug-likeness (QED) is 0.492. The van der Waals surface area contributed by atoms with Crippen LogP contribution in [0.15, 0.2) is 12.7 Å². The van der Waals surface area contributed by atoms with Gasteiger partial charge in [0.1, 0.15) is 0 Å². The van der Waals surface area contributed by atoms with Crippen molar-refractivity contribution in [2.75, 3.05) is 7.05 Å². The summed E-state index contributed by atoms with van der Waals surface area (Å²) in [5.41, 5.74) is 0.432. The Morgan fingerprint density at radius 2 is 2.00 bits per heavy atom. The predicted octanol–water partition coefficient (Wildman–Crippen LogP) is 3.37. The normalized spacial score (nSPS) is 14.2. The lowest BCUT2D eigenvalue weighted by molar-refractivity contribution is 0.305. The molecule has 0 rings (SSSR count). The molecule has 1 N–H and O–H groups in total. The monoisotopic (exact) mass is 183 g/mol. The summed E-state index contributed by atoms with van der Waals surface area (Å²) in [6.45, 7) is 10.6. The van der Waals surface area contributed by atoms with Crippen molar-refractivity contribution in [3.05, 3.63) is 12.7 Å². The molecule has 1 nitrogen and oxygen atoms in total. The molecule has 1 heteroatoms. The van der Waals surface area contributed by atoms with Crippen LogP contribution in [0.25, 0.3) is 0 Å². The van der Waals surface area contributed by atoms with E-state index in [9.17, 15) is 0 Å². The average molecular weight is 183 g/mol. The number of hydrogen-bond donors (Lipinski definition) is 1. The van der Waals surface area contributed by atoms with Crippen molar-refractivity contribution in [2.24, 2.45) is 5.41 Å². The highest BCUT2D eigenvalue weighted by molar-refractivity contribution is 4.75. The van der Waals surface area contributed by atoms with Gasteiger partial charge in [0.05, 0.1) is 0 Å².